The van der Waals surface area contributed by atoms with Crippen LogP contribution in [0.1, 0.15) is 30.6 Å². The zero-order valence-corrected chi connectivity index (χ0v) is 11.9. The van der Waals surface area contributed by atoms with Gasteiger partial charge in [0.2, 0.25) is 0 Å². The van der Waals surface area contributed by atoms with Crippen molar-refractivity contribution in [2.75, 3.05) is 19.8 Å². The van der Waals surface area contributed by atoms with Crippen LogP contribution in [0.2, 0.25) is 0 Å². The van der Waals surface area contributed by atoms with Crippen molar-refractivity contribution in [3.05, 3.63) is 23.8 Å². The molecule has 0 aliphatic carbocycles. The van der Waals surface area contributed by atoms with E-state index in [9.17, 15) is 4.79 Å². The Hall–Kier alpha value is -1.95. The number of ether oxygens (including phenoxy) is 1. The van der Waals surface area contributed by atoms with Crippen molar-refractivity contribution in [2.24, 2.45) is 0 Å². The van der Waals surface area contributed by atoms with Crippen LogP contribution in [0, 0.1) is 0 Å². The summed E-state index contributed by atoms with van der Waals surface area (Å²) in [6, 6.07) is 5.45. The molecule has 0 saturated heterocycles. The molecule has 0 bridgehead atoms. The molecule has 0 fully saturated rings. The molecular weight excluding hydrogens is 256 g/mol. The molecule has 20 heavy (non-hydrogen) atoms. The van der Waals surface area contributed by atoms with Gasteiger partial charge in [-0.15, -0.1) is 5.10 Å². The van der Waals surface area contributed by atoms with Crippen molar-refractivity contribution < 1.29 is 9.53 Å². The highest BCUT2D eigenvalue weighted by Crippen LogP contribution is 2.13. The molecule has 0 spiro atoms. The van der Waals surface area contributed by atoms with Gasteiger partial charge in [-0.05, 0) is 38.5 Å². The van der Waals surface area contributed by atoms with E-state index in [0.717, 1.165) is 24.0 Å². The summed E-state index contributed by atoms with van der Waals surface area (Å²) in [4.78, 5) is 12.0. The molecular formula is C14H20N4O2. The first kappa shape index (κ1) is 14.5. The normalized spacial score (nSPS) is 10.9. The Bertz CT molecular complexity index is 580. The molecule has 6 heteroatoms. The van der Waals surface area contributed by atoms with Crippen LogP contribution in [-0.4, -0.2) is 40.7 Å². The van der Waals surface area contributed by atoms with E-state index in [4.69, 9.17) is 4.74 Å². The number of carbonyl (C=O) groups is 1. The highest BCUT2D eigenvalue weighted by Gasteiger charge is 2.09. The highest BCUT2D eigenvalue weighted by molar-refractivity contribution is 5.97. The number of amides is 1. The van der Waals surface area contributed by atoms with Crippen molar-refractivity contribution in [1.29, 1.82) is 0 Å². The lowest BCUT2D eigenvalue weighted by Crippen LogP contribution is -2.25. The molecule has 2 aromatic rings. The van der Waals surface area contributed by atoms with Crippen LogP contribution in [0.5, 0.6) is 0 Å². The molecule has 2 rings (SSSR count). The van der Waals surface area contributed by atoms with E-state index in [0.29, 0.717) is 25.3 Å². The summed E-state index contributed by atoms with van der Waals surface area (Å²) in [7, 11) is 0. The predicted octanol–water partition coefficient (Wildman–Crippen LogP) is 1.61. The summed E-state index contributed by atoms with van der Waals surface area (Å²) < 4.78 is 7.03. The third-order valence-electron chi connectivity index (χ3n) is 3.03. The lowest BCUT2D eigenvalue weighted by molar-refractivity contribution is 0.0944. The monoisotopic (exact) mass is 276 g/mol. The smallest absolute Gasteiger partial charge is 0.251 e. The maximum atomic E-state index is 12.0. The van der Waals surface area contributed by atoms with E-state index in [2.05, 4.69) is 15.6 Å². The van der Waals surface area contributed by atoms with Gasteiger partial charge < -0.3 is 10.1 Å². The fourth-order valence-corrected chi connectivity index (χ4v) is 1.97. The van der Waals surface area contributed by atoms with Crippen molar-refractivity contribution in [2.45, 2.75) is 26.8 Å². The van der Waals surface area contributed by atoms with Crippen LogP contribution < -0.4 is 5.32 Å². The molecule has 6 nitrogen and oxygen atoms in total. The Morgan fingerprint density at radius 2 is 2.25 bits per heavy atom. The van der Waals surface area contributed by atoms with Gasteiger partial charge in [-0.3, -0.25) is 4.79 Å². The van der Waals surface area contributed by atoms with Crippen LogP contribution in [0.25, 0.3) is 11.0 Å². The zero-order valence-electron chi connectivity index (χ0n) is 11.9. The largest absolute Gasteiger partial charge is 0.382 e. The van der Waals surface area contributed by atoms with E-state index >= 15 is 0 Å². The van der Waals surface area contributed by atoms with Crippen molar-refractivity contribution in [3.63, 3.8) is 0 Å². The predicted molar refractivity (Wildman–Crippen MR) is 76.6 cm³/mol. The number of nitrogens with zero attached hydrogens (tertiary/aromatic N) is 3. The van der Waals surface area contributed by atoms with E-state index < -0.39 is 0 Å². The third-order valence-corrected chi connectivity index (χ3v) is 3.03. The first-order valence-corrected chi connectivity index (χ1v) is 6.95. The SMILES string of the molecule is CCOCCCNC(=O)c1ccc2c(c1)nnn2CC. The number of rotatable bonds is 7. The summed E-state index contributed by atoms with van der Waals surface area (Å²) in [6.07, 6.45) is 0.813. The Morgan fingerprint density at radius 3 is 3.00 bits per heavy atom. The van der Waals surface area contributed by atoms with Gasteiger partial charge in [-0.1, -0.05) is 5.21 Å². The summed E-state index contributed by atoms with van der Waals surface area (Å²) >= 11 is 0. The van der Waals surface area contributed by atoms with Crippen molar-refractivity contribution in [1.82, 2.24) is 20.3 Å². The Kier molecular flexibility index (Phi) is 5.06. The van der Waals surface area contributed by atoms with Crippen LogP contribution in [0.4, 0.5) is 0 Å². The third kappa shape index (κ3) is 3.33. The summed E-state index contributed by atoms with van der Waals surface area (Å²) in [5.41, 5.74) is 2.30. The standard InChI is InChI=1S/C14H20N4O2/c1-3-18-13-7-6-11(10-12(13)16-17-18)14(19)15-8-5-9-20-4-2/h6-7,10H,3-5,8-9H2,1-2H3,(H,15,19). The van der Waals surface area contributed by atoms with Gasteiger partial charge in [-0.25, -0.2) is 4.68 Å². The van der Waals surface area contributed by atoms with Gasteiger partial charge in [0.05, 0.1) is 5.52 Å². The molecule has 1 aromatic heterocycles. The molecule has 0 atom stereocenters. The van der Waals surface area contributed by atoms with Gasteiger partial charge in [0, 0.05) is 31.9 Å². The second-order valence-electron chi connectivity index (χ2n) is 4.42. The lowest BCUT2D eigenvalue weighted by atomic mass is 10.2. The Labute approximate surface area is 118 Å². The molecule has 1 aromatic carbocycles. The van der Waals surface area contributed by atoms with E-state index in [-0.39, 0.29) is 5.91 Å². The highest BCUT2D eigenvalue weighted by atomic mass is 16.5. The zero-order chi connectivity index (χ0) is 14.4. The number of carbonyl (C=O) groups excluding carboxylic acids is 1. The van der Waals surface area contributed by atoms with Crippen LogP contribution >= 0.6 is 0 Å². The van der Waals surface area contributed by atoms with Crippen molar-refractivity contribution >= 4 is 16.9 Å². The van der Waals surface area contributed by atoms with Crippen LogP contribution in [0.3, 0.4) is 0 Å². The van der Waals surface area contributed by atoms with E-state index in [1.54, 1.807) is 16.8 Å². The average molecular weight is 276 g/mol. The number of aromatic nitrogens is 3. The summed E-state index contributed by atoms with van der Waals surface area (Å²) in [5.74, 6) is -0.0885. The first-order chi connectivity index (χ1) is 9.76. The fourth-order valence-electron chi connectivity index (χ4n) is 1.97. The molecule has 0 unspecified atom stereocenters. The van der Waals surface area contributed by atoms with Gasteiger partial charge in [-0.2, -0.15) is 0 Å². The maximum absolute atomic E-state index is 12.0. The number of fused-ring (bicyclic) bond motifs is 1. The lowest BCUT2D eigenvalue weighted by Gasteiger charge is -2.05. The Morgan fingerprint density at radius 1 is 1.40 bits per heavy atom. The van der Waals surface area contributed by atoms with Gasteiger partial charge in [0.1, 0.15) is 5.52 Å². The molecule has 0 aliphatic rings. The second-order valence-corrected chi connectivity index (χ2v) is 4.42. The first-order valence-electron chi connectivity index (χ1n) is 6.95. The molecule has 0 radical (unpaired) electrons. The number of nitrogens with one attached hydrogen (secondary N) is 1. The summed E-state index contributed by atoms with van der Waals surface area (Å²) in [5, 5.41) is 11.0. The molecule has 0 saturated carbocycles. The average Bonchev–Trinajstić information content (AvgIpc) is 2.89. The minimum atomic E-state index is -0.0885. The quantitative estimate of drug-likeness (QED) is 0.780. The van der Waals surface area contributed by atoms with Crippen LogP contribution in [0.15, 0.2) is 18.2 Å². The van der Waals surface area contributed by atoms with Crippen LogP contribution in [-0.2, 0) is 11.3 Å². The molecule has 1 heterocycles. The van der Waals surface area contributed by atoms with E-state index in [1.807, 2.05) is 19.9 Å². The second kappa shape index (κ2) is 7.00. The molecule has 0 aliphatic heterocycles. The maximum Gasteiger partial charge on any atom is 0.251 e. The minimum absolute atomic E-state index is 0.0885. The van der Waals surface area contributed by atoms with Crippen molar-refractivity contribution in [3.8, 4) is 0 Å². The van der Waals surface area contributed by atoms with Gasteiger partial charge in [0.25, 0.3) is 5.91 Å². The fraction of sp³-hybridized carbons (Fsp3) is 0.500. The molecule has 1 N–H and O–H groups in total. The number of hydrogen-bond acceptors (Lipinski definition) is 4. The molecule has 1 amide bonds. The van der Waals surface area contributed by atoms with Gasteiger partial charge in [0.15, 0.2) is 0 Å². The Balaban J connectivity index is 1.96. The number of benzene rings is 1. The summed E-state index contributed by atoms with van der Waals surface area (Å²) in [6.45, 7) is 6.71. The number of hydrogen-bond donors (Lipinski definition) is 1. The minimum Gasteiger partial charge on any atom is -0.382 e. The van der Waals surface area contributed by atoms with Gasteiger partial charge >= 0.3 is 0 Å². The topological polar surface area (TPSA) is 69.0 Å². The van der Waals surface area contributed by atoms with E-state index in [1.165, 1.54) is 0 Å². The molecule has 108 valence electrons. The number of aryl methyl sites for hydroxylation is 1.